The predicted octanol–water partition coefficient (Wildman–Crippen LogP) is 2.97. The lowest BCUT2D eigenvalue weighted by molar-refractivity contribution is -0.134. The third kappa shape index (κ3) is 3.46. The van der Waals surface area contributed by atoms with Crippen LogP contribution < -0.4 is 5.48 Å². The van der Waals surface area contributed by atoms with Crippen LogP contribution in [0.5, 0.6) is 0 Å². The first kappa shape index (κ1) is 13.8. The van der Waals surface area contributed by atoms with E-state index in [-0.39, 0.29) is 12.3 Å². The first-order valence-electron chi connectivity index (χ1n) is 6.13. The van der Waals surface area contributed by atoms with E-state index in [2.05, 4.69) is 30.3 Å². The number of hydrogen-bond acceptors (Lipinski definition) is 3. The van der Waals surface area contributed by atoms with Crippen LogP contribution in [0.2, 0.25) is 0 Å². The van der Waals surface area contributed by atoms with Crippen molar-refractivity contribution in [2.24, 2.45) is 0 Å². The number of benzene rings is 2. The maximum atomic E-state index is 10.5. The summed E-state index contributed by atoms with van der Waals surface area (Å²) in [4.78, 5) is 15.4. The maximum Gasteiger partial charge on any atom is 0.353 e. The van der Waals surface area contributed by atoms with E-state index in [1.807, 2.05) is 36.4 Å². The van der Waals surface area contributed by atoms with E-state index in [9.17, 15) is 4.79 Å². The van der Waals surface area contributed by atoms with E-state index in [4.69, 9.17) is 9.94 Å². The van der Waals surface area contributed by atoms with Crippen molar-refractivity contribution in [1.29, 1.82) is 0 Å². The van der Waals surface area contributed by atoms with Crippen LogP contribution in [-0.2, 0) is 9.63 Å². The van der Waals surface area contributed by atoms with Gasteiger partial charge in [-0.1, -0.05) is 61.2 Å². The first-order chi connectivity index (χ1) is 9.68. The van der Waals surface area contributed by atoms with Gasteiger partial charge in [-0.05, 0) is 16.3 Å². The molecule has 4 heteroatoms. The van der Waals surface area contributed by atoms with Crippen molar-refractivity contribution in [1.82, 2.24) is 5.48 Å². The minimum atomic E-state index is -1.14. The number of rotatable bonds is 6. The highest BCUT2D eigenvalue weighted by Crippen LogP contribution is 2.19. The molecule has 0 spiro atoms. The highest BCUT2D eigenvalue weighted by atomic mass is 16.6. The minimum absolute atomic E-state index is 0.191. The summed E-state index contributed by atoms with van der Waals surface area (Å²) in [5.41, 5.74) is 3.16. The lowest BCUT2D eigenvalue weighted by Crippen LogP contribution is -2.19. The van der Waals surface area contributed by atoms with Crippen molar-refractivity contribution >= 4 is 22.8 Å². The zero-order chi connectivity index (χ0) is 14.4. The van der Waals surface area contributed by atoms with Crippen LogP contribution in [0.3, 0.4) is 0 Å². The van der Waals surface area contributed by atoms with Crippen molar-refractivity contribution in [3.05, 3.63) is 66.4 Å². The molecule has 0 saturated heterocycles. The van der Waals surface area contributed by atoms with Crippen molar-refractivity contribution in [3.8, 4) is 0 Å². The summed E-state index contributed by atoms with van der Waals surface area (Å²) in [5, 5.41) is 10.9. The second-order valence-electron chi connectivity index (χ2n) is 4.17. The van der Waals surface area contributed by atoms with E-state index < -0.39 is 5.97 Å². The highest BCUT2D eigenvalue weighted by molar-refractivity contribution is 5.90. The first-order valence-corrected chi connectivity index (χ1v) is 6.13. The Morgan fingerprint density at radius 3 is 2.80 bits per heavy atom. The number of aliphatic carboxylic acids is 1. The van der Waals surface area contributed by atoms with Gasteiger partial charge in [-0.25, -0.2) is 4.79 Å². The molecule has 0 amide bonds. The molecule has 20 heavy (non-hydrogen) atoms. The molecule has 2 aromatic rings. The van der Waals surface area contributed by atoms with Crippen LogP contribution >= 0.6 is 0 Å². The Hall–Kier alpha value is -2.59. The molecule has 0 unspecified atom stereocenters. The average molecular weight is 269 g/mol. The lowest BCUT2D eigenvalue weighted by Gasteiger charge is -2.04. The summed E-state index contributed by atoms with van der Waals surface area (Å²) in [6.45, 7) is 3.54. The van der Waals surface area contributed by atoms with E-state index in [0.29, 0.717) is 0 Å². The van der Waals surface area contributed by atoms with Gasteiger partial charge in [-0.15, -0.1) is 0 Å². The molecule has 2 aromatic carbocycles. The standard InChI is InChI=1S/C16H15NO3/c1-12(16(18)19)17-20-11-5-9-14-8-4-7-13-6-2-3-10-15(13)14/h2-10,17H,1,11H2,(H,18,19). The second kappa shape index (κ2) is 6.54. The molecule has 2 N–H and O–H groups in total. The lowest BCUT2D eigenvalue weighted by atomic mass is 10.0. The molecule has 0 fully saturated rings. The summed E-state index contributed by atoms with van der Waals surface area (Å²) in [6, 6.07) is 14.2. The van der Waals surface area contributed by atoms with Crippen molar-refractivity contribution in [2.45, 2.75) is 0 Å². The molecular weight excluding hydrogens is 254 g/mol. The predicted molar refractivity (Wildman–Crippen MR) is 78.8 cm³/mol. The van der Waals surface area contributed by atoms with Gasteiger partial charge in [0.15, 0.2) is 0 Å². The minimum Gasteiger partial charge on any atom is -0.477 e. The second-order valence-corrected chi connectivity index (χ2v) is 4.17. The molecule has 0 bridgehead atoms. The Morgan fingerprint density at radius 2 is 2.00 bits per heavy atom. The fourth-order valence-corrected chi connectivity index (χ4v) is 1.79. The number of carbonyl (C=O) groups is 1. The third-order valence-electron chi connectivity index (χ3n) is 2.75. The average Bonchev–Trinajstić information content (AvgIpc) is 2.46. The van der Waals surface area contributed by atoms with E-state index in [0.717, 1.165) is 10.9 Å². The molecule has 0 aliphatic rings. The van der Waals surface area contributed by atoms with Gasteiger partial charge in [-0.2, -0.15) is 0 Å². The number of carboxylic acids is 1. The van der Waals surface area contributed by atoms with Gasteiger partial charge in [0.1, 0.15) is 5.70 Å². The van der Waals surface area contributed by atoms with E-state index in [1.165, 1.54) is 5.39 Å². The Kier molecular flexibility index (Phi) is 4.52. The zero-order valence-corrected chi connectivity index (χ0v) is 10.9. The molecule has 2 rings (SSSR count). The molecule has 0 aliphatic carbocycles. The van der Waals surface area contributed by atoms with Gasteiger partial charge >= 0.3 is 5.97 Å². The van der Waals surface area contributed by atoms with Gasteiger partial charge in [0.25, 0.3) is 0 Å². The summed E-state index contributed by atoms with van der Waals surface area (Å²) in [6.07, 6.45) is 3.75. The van der Waals surface area contributed by atoms with Crippen LogP contribution in [0.1, 0.15) is 5.56 Å². The molecule has 0 atom stereocenters. The van der Waals surface area contributed by atoms with Crippen molar-refractivity contribution in [2.75, 3.05) is 6.61 Å². The van der Waals surface area contributed by atoms with Gasteiger partial charge in [0.05, 0.1) is 6.61 Å². The fourth-order valence-electron chi connectivity index (χ4n) is 1.79. The summed E-state index contributed by atoms with van der Waals surface area (Å²) >= 11 is 0. The summed E-state index contributed by atoms with van der Waals surface area (Å²) in [5.74, 6) is -1.14. The highest BCUT2D eigenvalue weighted by Gasteiger charge is 2.01. The van der Waals surface area contributed by atoms with Crippen molar-refractivity contribution < 1.29 is 14.7 Å². The monoisotopic (exact) mass is 269 g/mol. The molecule has 4 nitrogen and oxygen atoms in total. The molecular formula is C16H15NO3. The molecule has 0 heterocycles. The van der Waals surface area contributed by atoms with Gasteiger partial charge in [-0.3, -0.25) is 10.3 Å². The Morgan fingerprint density at radius 1 is 1.25 bits per heavy atom. The molecule has 0 radical (unpaired) electrons. The number of carboxylic acid groups (broad SMARTS) is 1. The summed E-state index contributed by atoms with van der Waals surface area (Å²) in [7, 11) is 0. The van der Waals surface area contributed by atoms with Gasteiger partial charge < -0.3 is 5.11 Å². The number of fused-ring (bicyclic) bond motifs is 1. The van der Waals surface area contributed by atoms with Crippen LogP contribution in [-0.4, -0.2) is 17.7 Å². The SMILES string of the molecule is C=C(NOCC=Cc1cccc2ccccc12)C(=O)O. The smallest absolute Gasteiger partial charge is 0.353 e. The topological polar surface area (TPSA) is 58.6 Å². The Labute approximate surface area is 116 Å². The summed E-state index contributed by atoms with van der Waals surface area (Å²) < 4.78 is 0. The number of hydrogen-bond donors (Lipinski definition) is 2. The zero-order valence-electron chi connectivity index (χ0n) is 10.9. The number of hydroxylamine groups is 1. The maximum absolute atomic E-state index is 10.5. The Balaban J connectivity index is 1.97. The number of nitrogens with one attached hydrogen (secondary N) is 1. The van der Waals surface area contributed by atoms with Crippen molar-refractivity contribution in [3.63, 3.8) is 0 Å². The quantitative estimate of drug-likeness (QED) is 0.481. The van der Waals surface area contributed by atoms with Gasteiger partial charge in [0.2, 0.25) is 0 Å². The van der Waals surface area contributed by atoms with E-state index >= 15 is 0 Å². The fraction of sp³-hybridized carbons (Fsp3) is 0.0625. The largest absolute Gasteiger partial charge is 0.477 e. The third-order valence-corrected chi connectivity index (χ3v) is 2.75. The molecule has 0 aromatic heterocycles. The van der Waals surface area contributed by atoms with Crippen LogP contribution in [0.4, 0.5) is 0 Å². The van der Waals surface area contributed by atoms with Gasteiger partial charge in [0, 0.05) is 0 Å². The molecule has 102 valence electrons. The molecule has 0 aliphatic heterocycles. The molecule has 0 saturated carbocycles. The Bertz CT molecular complexity index is 656. The van der Waals surface area contributed by atoms with Crippen LogP contribution in [0.25, 0.3) is 16.8 Å². The van der Waals surface area contributed by atoms with Crippen LogP contribution in [0, 0.1) is 0 Å². The normalized spacial score (nSPS) is 10.8. The van der Waals surface area contributed by atoms with Crippen LogP contribution in [0.15, 0.2) is 60.8 Å². The van der Waals surface area contributed by atoms with E-state index in [1.54, 1.807) is 0 Å².